The van der Waals surface area contributed by atoms with Crippen molar-refractivity contribution in [1.82, 2.24) is 16.0 Å². The van der Waals surface area contributed by atoms with Crippen LogP contribution in [0.2, 0.25) is 5.02 Å². The van der Waals surface area contributed by atoms with E-state index in [0.717, 1.165) is 19.3 Å². The molecule has 9 nitrogen and oxygen atoms in total. The van der Waals surface area contributed by atoms with Crippen molar-refractivity contribution in [2.75, 3.05) is 12.4 Å². The first kappa shape index (κ1) is 25.4. The first-order valence-electron chi connectivity index (χ1n) is 11.9. The molecule has 1 aliphatic heterocycles. The Hall–Kier alpha value is -3.72. The number of hydrogen-bond acceptors (Lipinski definition) is 6. The van der Waals surface area contributed by atoms with Crippen LogP contribution in [-0.2, 0) is 9.53 Å². The molecule has 3 aliphatic rings. The number of ether oxygens (including phenoxy) is 2. The van der Waals surface area contributed by atoms with Crippen LogP contribution < -0.4 is 26.0 Å². The predicted molar refractivity (Wildman–Crippen MR) is 140 cm³/mol. The molecule has 0 aromatic heterocycles. The van der Waals surface area contributed by atoms with Crippen LogP contribution in [0, 0.1) is 0 Å². The van der Waals surface area contributed by atoms with Gasteiger partial charge in [0.1, 0.15) is 28.8 Å². The van der Waals surface area contributed by atoms with Gasteiger partial charge in [-0.05, 0) is 56.9 Å². The van der Waals surface area contributed by atoms with E-state index in [-0.39, 0.29) is 24.0 Å². The molecule has 0 spiro atoms. The molecule has 1 aromatic carbocycles. The number of halogens is 1. The largest absolute Gasteiger partial charge is 0.495 e. The standard InChI is InChI=1S/C26H30ClN5O4/c1-4-24(33)30-21-6-5-7-22(35-3)25(21)32-23-14-18(12-15(2)28-23)36-17-10-11-20(19(27)13-17)31-26(34)29-16-8-9-16/h4,7,10-11,13-16H,1,5-6,8-9,12H2,2-3H3,(H,28,32)(H,30,33)(H2,29,31,34). The summed E-state index contributed by atoms with van der Waals surface area (Å²) >= 11 is 6.39. The summed E-state index contributed by atoms with van der Waals surface area (Å²) in [5.41, 5.74) is 1.86. The van der Waals surface area contributed by atoms with Gasteiger partial charge in [0.05, 0.1) is 23.9 Å². The Morgan fingerprint density at radius 1 is 1.25 bits per heavy atom. The van der Waals surface area contributed by atoms with Crippen molar-refractivity contribution in [3.05, 3.63) is 70.9 Å². The summed E-state index contributed by atoms with van der Waals surface area (Å²) in [6, 6.07) is 5.07. The number of amidine groups is 1. The lowest BCUT2D eigenvalue weighted by Crippen LogP contribution is -2.33. The SMILES string of the molecule is C=CC(=O)NC1=C(NC2=NC(C)CC(Oc3ccc(NC(=O)NC4CC4)c(Cl)c3)=C2)C(OC)=CCC1. The molecule has 3 amide bonds. The van der Waals surface area contributed by atoms with Crippen molar-refractivity contribution in [2.45, 2.75) is 51.1 Å². The molecule has 0 bridgehead atoms. The highest BCUT2D eigenvalue weighted by Crippen LogP contribution is 2.30. The highest BCUT2D eigenvalue weighted by Gasteiger charge is 2.24. The van der Waals surface area contributed by atoms with Gasteiger partial charge >= 0.3 is 6.03 Å². The van der Waals surface area contributed by atoms with E-state index in [4.69, 9.17) is 21.1 Å². The lowest BCUT2D eigenvalue weighted by atomic mass is 10.1. The number of dihydropyridines is 1. The molecule has 10 heteroatoms. The molecule has 2 aliphatic carbocycles. The maximum atomic E-state index is 12.0. The number of nitrogens with one attached hydrogen (secondary N) is 4. The van der Waals surface area contributed by atoms with E-state index in [1.807, 2.05) is 19.1 Å². The normalized spacial score (nSPS) is 19.3. The van der Waals surface area contributed by atoms with E-state index >= 15 is 0 Å². The number of allylic oxidation sites excluding steroid dienone is 2. The van der Waals surface area contributed by atoms with Gasteiger partial charge in [-0.15, -0.1) is 0 Å². The third-order valence-corrected chi connectivity index (χ3v) is 6.02. The van der Waals surface area contributed by atoms with E-state index in [9.17, 15) is 9.59 Å². The number of methoxy groups -OCH3 is 1. The Labute approximate surface area is 215 Å². The maximum Gasteiger partial charge on any atom is 0.319 e. The van der Waals surface area contributed by atoms with Crippen molar-refractivity contribution in [1.29, 1.82) is 0 Å². The van der Waals surface area contributed by atoms with Crippen molar-refractivity contribution in [3.8, 4) is 5.75 Å². The van der Waals surface area contributed by atoms with Gasteiger partial charge in [0.15, 0.2) is 0 Å². The number of amides is 3. The van der Waals surface area contributed by atoms with Gasteiger partial charge in [-0.25, -0.2) is 4.79 Å². The molecule has 1 heterocycles. The number of urea groups is 1. The van der Waals surface area contributed by atoms with Crippen LogP contribution in [-0.4, -0.2) is 37.0 Å². The van der Waals surface area contributed by atoms with Gasteiger partial charge in [0, 0.05) is 30.3 Å². The molecule has 1 fully saturated rings. The highest BCUT2D eigenvalue weighted by atomic mass is 35.5. The van der Waals surface area contributed by atoms with Crippen LogP contribution in [0.1, 0.15) is 39.0 Å². The molecule has 1 aromatic rings. The van der Waals surface area contributed by atoms with Crippen LogP contribution >= 0.6 is 11.6 Å². The number of carbonyl (C=O) groups is 2. The van der Waals surface area contributed by atoms with Crippen LogP contribution in [0.3, 0.4) is 0 Å². The number of anilines is 1. The van der Waals surface area contributed by atoms with Gasteiger partial charge < -0.3 is 30.7 Å². The smallest absolute Gasteiger partial charge is 0.319 e. The van der Waals surface area contributed by atoms with Crippen molar-refractivity contribution >= 4 is 35.1 Å². The molecular weight excluding hydrogens is 482 g/mol. The number of aliphatic imine (C=N–C) groups is 1. The Morgan fingerprint density at radius 3 is 2.75 bits per heavy atom. The molecule has 1 unspecified atom stereocenters. The maximum absolute atomic E-state index is 12.0. The summed E-state index contributed by atoms with van der Waals surface area (Å²) < 4.78 is 11.6. The van der Waals surface area contributed by atoms with Gasteiger partial charge in [0.2, 0.25) is 5.91 Å². The second-order valence-corrected chi connectivity index (χ2v) is 9.18. The highest BCUT2D eigenvalue weighted by molar-refractivity contribution is 6.33. The first-order chi connectivity index (χ1) is 17.3. The van der Waals surface area contributed by atoms with Gasteiger partial charge in [-0.2, -0.15) is 0 Å². The Balaban J connectivity index is 1.47. The third-order valence-electron chi connectivity index (χ3n) is 5.71. The van der Waals surface area contributed by atoms with Gasteiger partial charge in [-0.3, -0.25) is 9.79 Å². The average Bonchev–Trinajstić information content (AvgIpc) is 3.65. The van der Waals surface area contributed by atoms with Crippen molar-refractivity contribution < 1.29 is 19.1 Å². The number of benzene rings is 1. The van der Waals surface area contributed by atoms with Crippen LogP contribution in [0.15, 0.2) is 70.9 Å². The summed E-state index contributed by atoms with van der Waals surface area (Å²) in [6.45, 7) is 5.51. The topological polar surface area (TPSA) is 113 Å². The molecule has 0 radical (unpaired) electrons. The Morgan fingerprint density at radius 2 is 2.06 bits per heavy atom. The second-order valence-electron chi connectivity index (χ2n) is 8.78. The van der Waals surface area contributed by atoms with Gasteiger partial charge in [0.25, 0.3) is 0 Å². The molecular formula is C26H30ClN5O4. The lowest BCUT2D eigenvalue weighted by Gasteiger charge is -2.25. The fourth-order valence-electron chi connectivity index (χ4n) is 3.84. The molecule has 1 saturated carbocycles. The van der Waals surface area contributed by atoms with E-state index in [1.165, 1.54) is 6.08 Å². The molecule has 4 rings (SSSR count). The van der Waals surface area contributed by atoms with E-state index < -0.39 is 0 Å². The summed E-state index contributed by atoms with van der Waals surface area (Å²) in [6.07, 6.45) is 8.99. The number of nitrogens with zero attached hydrogens (tertiary/aromatic N) is 1. The van der Waals surface area contributed by atoms with E-state index in [0.29, 0.717) is 58.0 Å². The molecule has 0 saturated heterocycles. The monoisotopic (exact) mass is 511 g/mol. The number of hydrogen-bond donors (Lipinski definition) is 4. The van der Waals surface area contributed by atoms with Crippen LogP contribution in [0.5, 0.6) is 5.75 Å². The summed E-state index contributed by atoms with van der Waals surface area (Å²) in [4.78, 5) is 28.6. The zero-order valence-electron chi connectivity index (χ0n) is 20.3. The Bertz CT molecular complexity index is 1180. The second kappa shape index (κ2) is 11.3. The quantitative estimate of drug-likeness (QED) is 0.384. The van der Waals surface area contributed by atoms with E-state index in [1.54, 1.807) is 25.3 Å². The van der Waals surface area contributed by atoms with Crippen molar-refractivity contribution in [2.24, 2.45) is 4.99 Å². The number of carbonyl (C=O) groups excluding carboxylic acids is 2. The average molecular weight is 512 g/mol. The predicted octanol–water partition coefficient (Wildman–Crippen LogP) is 4.50. The van der Waals surface area contributed by atoms with Crippen LogP contribution in [0.25, 0.3) is 0 Å². The molecule has 1 atom stereocenters. The number of rotatable bonds is 8. The molecule has 36 heavy (non-hydrogen) atoms. The molecule has 4 N–H and O–H groups in total. The molecule has 190 valence electrons. The Kier molecular flexibility index (Phi) is 8.00. The fourth-order valence-corrected chi connectivity index (χ4v) is 4.06. The minimum Gasteiger partial charge on any atom is -0.495 e. The summed E-state index contributed by atoms with van der Waals surface area (Å²) in [5.74, 6) is 2.15. The first-order valence-corrected chi connectivity index (χ1v) is 12.2. The van der Waals surface area contributed by atoms with Crippen molar-refractivity contribution in [3.63, 3.8) is 0 Å². The van der Waals surface area contributed by atoms with Crippen LogP contribution in [0.4, 0.5) is 10.5 Å². The van der Waals surface area contributed by atoms with E-state index in [2.05, 4.69) is 32.8 Å². The summed E-state index contributed by atoms with van der Waals surface area (Å²) in [7, 11) is 1.58. The zero-order valence-corrected chi connectivity index (χ0v) is 21.1. The third kappa shape index (κ3) is 6.69. The minimum atomic E-state index is -0.292. The minimum absolute atomic E-state index is 0.0413. The van der Waals surface area contributed by atoms with Gasteiger partial charge in [-0.1, -0.05) is 18.2 Å². The summed E-state index contributed by atoms with van der Waals surface area (Å²) in [5, 5.41) is 12.2. The zero-order chi connectivity index (χ0) is 25.7. The lowest BCUT2D eigenvalue weighted by molar-refractivity contribution is -0.115. The fraction of sp³-hybridized carbons (Fsp3) is 0.346.